The Hall–Kier alpha value is -3.95. The molecule has 306 valence electrons. The largest absolute Gasteiger partial charge is 0.490 e. The number of fused-ring (bicyclic) bond motifs is 2. The van der Waals surface area contributed by atoms with Crippen LogP contribution in [0.25, 0.3) is 22.3 Å². The minimum Gasteiger partial charge on any atom is -0.382 e. The number of ether oxygens (including phenoxy) is 2. The molecule has 0 amide bonds. The highest BCUT2D eigenvalue weighted by atomic mass is 31.3. The van der Waals surface area contributed by atoms with Crippen LogP contribution in [-0.4, -0.2) is 114 Å². The number of aldehydes is 4. The first kappa shape index (κ1) is 44.8. The number of phosphoric ester groups is 1. The van der Waals surface area contributed by atoms with Crippen molar-refractivity contribution in [3.63, 3.8) is 0 Å². The summed E-state index contributed by atoms with van der Waals surface area (Å²) >= 11 is 0. The number of nitrogen functional groups attached to an aromatic ring is 2. The standard InChI is InChI=1S/C20H25N10O21P5/c21-17-15-19(25-7-23-17)29(9-27-15)13(3-33)46-11(1-31)5-45-53(37,38)49-55(41,42)51-56(43,44)50-54(39,40)48-52(35,36)6-12(2-32)47-14(4-34)30-10-28-16-18(22)24-8-26-20(16)30/h1-4,7-14H,5-6H2,(H,35,36)(H,37,38)(H,39,40)(H,41,42)(H,43,44)(H2,21,23,25)(H2,22,24,26)/t11-,12+,13-,14-/m0/s1. The molecular weight excluding hydrogens is 871 g/mol. The normalized spacial score (nSPS) is 19.6. The molecule has 9 N–H and O–H groups in total. The van der Waals surface area contributed by atoms with Crippen molar-refractivity contribution in [3.8, 4) is 0 Å². The van der Waals surface area contributed by atoms with Gasteiger partial charge in [0.15, 0.2) is 54.2 Å². The third-order valence-electron chi connectivity index (χ3n) is 6.15. The van der Waals surface area contributed by atoms with E-state index in [-0.39, 0.29) is 59.1 Å². The van der Waals surface area contributed by atoms with Gasteiger partial charge in [0.2, 0.25) is 0 Å². The number of rotatable bonds is 23. The van der Waals surface area contributed by atoms with Gasteiger partial charge in [-0.1, -0.05) is 0 Å². The highest BCUT2D eigenvalue weighted by Gasteiger charge is 2.48. The summed E-state index contributed by atoms with van der Waals surface area (Å²) in [6.07, 6.45) is -5.06. The van der Waals surface area contributed by atoms with Crippen LogP contribution in [0.2, 0.25) is 0 Å². The number of aromatic nitrogens is 8. The van der Waals surface area contributed by atoms with Gasteiger partial charge in [-0.05, 0) is 0 Å². The van der Waals surface area contributed by atoms with E-state index in [9.17, 15) is 66.5 Å². The number of nitrogens with zero attached hydrogens (tertiary/aromatic N) is 8. The fourth-order valence-electron chi connectivity index (χ4n) is 4.07. The highest BCUT2D eigenvalue weighted by molar-refractivity contribution is 7.72. The molecule has 0 radical (unpaired) electrons. The van der Waals surface area contributed by atoms with Gasteiger partial charge in [-0.25, -0.2) is 52.5 Å². The number of carbonyl (C=O) groups is 4. The number of carbonyl (C=O) groups excluding carboxylic acids is 4. The van der Waals surface area contributed by atoms with Gasteiger partial charge >= 0.3 is 38.9 Å². The number of nitrogens with two attached hydrogens (primary N) is 2. The molecule has 0 saturated carbocycles. The zero-order chi connectivity index (χ0) is 41.7. The summed E-state index contributed by atoms with van der Waals surface area (Å²) in [5.41, 5.74) is 11.2. The maximum absolute atomic E-state index is 12.6. The van der Waals surface area contributed by atoms with Gasteiger partial charge in [-0.2, -0.15) is 12.9 Å². The smallest absolute Gasteiger partial charge is 0.382 e. The molecule has 0 fully saturated rings. The Balaban J connectivity index is 1.33. The lowest BCUT2D eigenvalue weighted by Crippen LogP contribution is -2.27. The van der Waals surface area contributed by atoms with Crippen LogP contribution in [0.3, 0.4) is 0 Å². The van der Waals surface area contributed by atoms with E-state index in [0.29, 0.717) is 0 Å². The van der Waals surface area contributed by atoms with E-state index in [1.165, 1.54) is 0 Å². The Labute approximate surface area is 308 Å². The van der Waals surface area contributed by atoms with Gasteiger partial charge in [0.05, 0.1) is 25.4 Å². The predicted octanol–water partition coefficient (Wildman–Crippen LogP) is -0.936. The average Bonchev–Trinajstić information content (AvgIpc) is 3.71. The van der Waals surface area contributed by atoms with Crippen LogP contribution in [-0.2, 0) is 73.2 Å². The van der Waals surface area contributed by atoms with Crippen LogP contribution >= 0.6 is 38.9 Å². The SMILES string of the molecule is Nc1ncnc2c1ncn2[C@H](C=O)O[C@H](C=O)CP(=O)(O)OP(=O)(O)OP(=O)(O)OP(=O)(O)OP(=O)(O)OC[C@H](C=O)O[C@@H](C=O)n1cnc2c(N)ncnc21. The van der Waals surface area contributed by atoms with Crippen molar-refractivity contribution in [2.75, 3.05) is 24.2 Å². The second-order valence-corrected chi connectivity index (χ2v) is 18.4. The molecule has 0 saturated heterocycles. The zero-order valence-corrected chi connectivity index (χ0v) is 31.6. The lowest BCUT2D eigenvalue weighted by Gasteiger charge is -2.23. The van der Waals surface area contributed by atoms with Crippen molar-refractivity contribution in [2.24, 2.45) is 0 Å². The Morgan fingerprint density at radius 1 is 0.589 bits per heavy atom. The molecule has 0 aliphatic heterocycles. The van der Waals surface area contributed by atoms with E-state index in [4.69, 9.17) is 20.9 Å². The molecule has 4 rings (SSSR count). The molecule has 4 heterocycles. The summed E-state index contributed by atoms with van der Waals surface area (Å²) in [7, 11) is -30.8. The van der Waals surface area contributed by atoms with Crippen LogP contribution in [0.4, 0.5) is 11.6 Å². The molecule has 9 atom stereocenters. The number of hydrogen-bond acceptors (Lipinski definition) is 24. The van der Waals surface area contributed by atoms with Crippen molar-refractivity contribution in [2.45, 2.75) is 24.7 Å². The molecule has 4 aromatic rings. The summed E-state index contributed by atoms with van der Waals surface area (Å²) in [5, 5.41) is 0. The minimum absolute atomic E-state index is 0.00674. The van der Waals surface area contributed by atoms with Gasteiger partial charge in [0.1, 0.15) is 42.2 Å². The van der Waals surface area contributed by atoms with Gasteiger partial charge in [-0.15, -0.1) is 0 Å². The molecule has 5 unspecified atom stereocenters. The fraction of sp³-hybridized carbons (Fsp3) is 0.300. The van der Waals surface area contributed by atoms with Crippen molar-refractivity contribution in [1.82, 2.24) is 39.0 Å². The molecule has 36 heteroatoms. The van der Waals surface area contributed by atoms with E-state index in [2.05, 4.69) is 51.7 Å². The van der Waals surface area contributed by atoms with Crippen molar-refractivity contribution >= 4 is 98.0 Å². The van der Waals surface area contributed by atoms with Crippen LogP contribution in [0.1, 0.15) is 12.5 Å². The van der Waals surface area contributed by atoms with Crippen molar-refractivity contribution < 1.29 is 97.7 Å². The Kier molecular flexibility index (Phi) is 14.1. The second-order valence-electron chi connectivity index (χ2n) is 10.2. The summed E-state index contributed by atoms with van der Waals surface area (Å²) in [5.74, 6) is -0.207. The Bertz CT molecular complexity index is 2360. The van der Waals surface area contributed by atoms with Crippen molar-refractivity contribution in [3.05, 3.63) is 25.3 Å². The number of hydrogen-bond donors (Lipinski definition) is 7. The van der Waals surface area contributed by atoms with E-state index in [1.807, 2.05) is 0 Å². The summed E-state index contributed by atoms with van der Waals surface area (Å²) in [4.78, 5) is 119. The average molecular weight is 896 g/mol. The molecule has 4 aromatic heterocycles. The van der Waals surface area contributed by atoms with E-state index in [1.54, 1.807) is 0 Å². The lowest BCUT2D eigenvalue weighted by atomic mass is 10.4. The molecule has 31 nitrogen and oxygen atoms in total. The van der Waals surface area contributed by atoms with Gasteiger partial charge < -0.3 is 55.0 Å². The molecule has 0 bridgehead atoms. The van der Waals surface area contributed by atoms with Crippen LogP contribution < -0.4 is 11.5 Å². The molecule has 0 spiro atoms. The lowest BCUT2D eigenvalue weighted by molar-refractivity contribution is -0.139. The second kappa shape index (κ2) is 17.7. The van der Waals surface area contributed by atoms with E-state index >= 15 is 0 Å². The topological polar surface area (TPSA) is 459 Å². The van der Waals surface area contributed by atoms with Crippen LogP contribution in [0.5, 0.6) is 0 Å². The van der Waals surface area contributed by atoms with E-state index < -0.39 is 76.3 Å². The molecule has 0 aromatic carbocycles. The third-order valence-corrected chi connectivity index (χ3v) is 14.2. The van der Waals surface area contributed by atoms with Gasteiger partial charge in [-0.3, -0.25) is 27.8 Å². The minimum atomic E-state index is -6.48. The maximum Gasteiger partial charge on any atom is 0.490 e. The summed E-state index contributed by atoms with van der Waals surface area (Å²) < 4.78 is 93.3. The zero-order valence-electron chi connectivity index (χ0n) is 27.1. The Morgan fingerprint density at radius 3 is 1.43 bits per heavy atom. The van der Waals surface area contributed by atoms with Crippen molar-refractivity contribution in [1.29, 1.82) is 0 Å². The summed E-state index contributed by atoms with van der Waals surface area (Å²) in [6, 6.07) is 0. The monoisotopic (exact) mass is 896 g/mol. The third kappa shape index (κ3) is 11.8. The quantitative estimate of drug-likeness (QED) is 0.0349. The molecule has 0 aliphatic rings. The first-order valence-corrected chi connectivity index (χ1v) is 21.9. The number of phosphoric acid groups is 4. The van der Waals surface area contributed by atoms with Crippen LogP contribution in [0, 0.1) is 0 Å². The maximum atomic E-state index is 12.6. The molecule has 0 aliphatic carbocycles. The number of anilines is 2. The summed E-state index contributed by atoms with van der Waals surface area (Å²) in [6.45, 7) is -1.31. The van der Waals surface area contributed by atoms with Gasteiger partial charge in [0, 0.05) is 0 Å². The highest BCUT2D eigenvalue weighted by Crippen LogP contribution is 2.73. The van der Waals surface area contributed by atoms with Crippen LogP contribution in [0.15, 0.2) is 25.3 Å². The van der Waals surface area contributed by atoms with E-state index in [0.717, 1.165) is 34.4 Å². The predicted molar refractivity (Wildman–Crippen MR) is 176 cm³/mol. The first-order chi connectivity index (χ1) is 26.0. The number of imidazole rings is 2. The first-order valence-electron chi connectivity index (χ1n) is 14.1. The van der Waals surface area contributed by atoms with Gasteiger partial charge in [0.25, 0.3) is 0 Å². The molecule has 56 heavy (non-hydrogen) atoms. The molecular formula is C20H25N10O21P5. The fourth-order valence-corrected chi connectivity index (χ4v) is 11.1. The Morgan fingerprint density at radius 2 is 1.00 bits per heavy atom.